The van der Waals surface area contributed by atoms with E-state index < -0.39 is 24.3 Å². The minimum atomic E-state index is -0.715. The molecule has 4 amide bonds. The van der Waals surface area contributed by atoms with Crippen LogP contribution >= 0.6 is 0 Å². The van der Waals surface area contributed by atoms with Gasteiger partial charge in [-0.25, -0.2) is 19.6 Å². The minimum absolute atomic E-state index is 0.00163. The van der Waals surface area contributed by atoms with Gasteiger partial charge in [-0.05, 0) is 72.1 Å². The van der Waals surface area contributed by atoms with Crippen molar-refractivity contribution in [2.24, 2.45) is 23.7 Å². The van der Waals surface area contributed by atoms with Crippen LogP contribution in [0.2, 0.25) is 0 Å². The molecule has 7 rings (SSSR count). The number of benzene rings is 2. The average molecular weight is 779 g/mol. The van der Waals surface area contributed by atoms with Crippen LogP contribution in [0.3, 0.4) is 0 Å². The van der Waals surface area contributed by atoms with Gasteiger partial charge in [0.1, 0.15) is 23.7 Å². The summed E-state index contributed by atoms with van der Waals surface area (Å²) in [6.07, 6.45) is 4.75. The van der Waals surface area contributed by atoms with Crippen LogP contribution in [-0.4, -0.2) is 92.1 Å². The largest absolute Gasteiger partial charge is 0.453 e. The summed E-state index contributed by atoms with van der Waals surface area (Å²) in [5, 5.41) is 5.48. The van der Waals surface area contributed by atoms with E-state index >= 15 is 0 Å². The zero-order chi connectivity index (χ0) is 40.7. The molecule has 3 fully saturated rings. The van der Waals surface area contributed by atoms with Crippen molar-refractivity contribution >= 4 is 24.0 Å². The first-order chi connectivity index (χ1) is 27.3. The number of hydrogen-bond donors (Lipinski definition) is 4. The maximum atomic E-state index is 13.9. The number of H-pyrrole nitrogens is 2. The van der Waals surface area contributed by atoms with Gasteiger partial charge >= 0.3 is 12.2 Å². The van der Waals surface area contributed by atoms with Crippen LogP contribution in [0.5, 0.6) is 0 Å². The molecular formula is C43H54N8O6. The van der Waals surface area contributed by atoms with E-state index in [0.29, 0.717) is 5.92 Å². The fourth-order valence-electron chi connectivity index (χ4n) is 9.01. The van der Waals surface area contributed by atoms with Crippen molar-refractivity contribution in [2.75, 3.05) is 14.2 Å². The number of aromatic amines is 2. The summed E-state index contributed by atoms with van der Waals surface area (Å²) in [7, 11) is 2.60. The lowest BCUT2D eigenvalue weighted by molar-refractivity contribution is -0.142. The lowest BCUT2D eigenvalue weighted by Gasteiger charge is -2.41. The molecule has 0 saturated carbocycles. The first kappa shape index (κ1) is 39.6. The number of nitrogens with zero attached hydrogens (tertiary/aromatic N) is 4. The van der Waals surface area contributed by atoms with Crippen LogP contribution in [0.1, 0.15) is 84.5 Å². The third-order valence-electron chi connectivity index (χ3n) is 12.5. The summed E-state index contributed by atoms with van der Waals surface area (Å²) in [6, 6.07) is 14.8. The molecule has 3 saturated heterocycles. The summed E-state index contributed by atoms with van der Waals surface area (Å²) in [5.41, 5.74) is 5.79. The topological polar surface area (TPSA) is 175 Å². The maximum Gasteiger partial charge on any atom is 0.407 e. The highest BCUT2D eigenvalue weighted by atomic mass is 16.5. The lowest BCUT2D eigenvalue weighted by Crippen LogP contribution is -2.58. The highest BCUT2D eigenvalue weighted by Gasteiger charge is 2.51. The first-order valence-electron chi connectivity index (χ1n) is 19.9. The third kappa shape index (κ3) is 7.61. The normalized spacial score (nSPS) is 26.3. The van der Waals surface area contributed by atoms with Gasteiger partial charge in [0.05, 0.1) is 50.1 Å². The Labute approximate surface area is 333 Å². The van der Waals surface area contributed by atoms with Gasteiger partial charge in [-0.3, -0.25) is 9.59 Å². The van der Waals surface area contributed by atoms with Crippen molar-refractivity contribution in [3.63, 3.8) is 0 Å². The Morgan fingerprint density at radius 1 is 0.719 bits per heavy atom. The number of imidazole rings is 2. The molecule has 0 aliphatic carbocycles. The molecule has 0 spiro atoms. The average Bonchev–Trinajstić information content (AvgIpc) is 4.02. The zero-order valence-corrected chi connectivity index (χ0v) is 33.9. The van der Waals surface area contributed by atoms with Gasteiger partial charge in [-0.1, -0.05) is 83.1 Å². The van der Waals surface area contributed by atoms with Crippen molar-refractivity contribution in [3.8, 4) is 33.6 Å². The van der Waals surface area contributed by atoms with Gasteiger partial charge in [0.25, 0.3) is 0 Å². The van der Waals surface area contributed by atoms with Gasteiger partial charge < -0.3 is 39.9 Å². The Hall–Kier alpha value is -5.66. The molecule has 2 aromatic carbocycles. The quantitative estimate of drug-likeness (QED) is 0.143. The van der Waals surface area contributed by atoms with Crippen molar-refractivity contribution in [2.45, 2.75) is 97.1 Å². The molecule has 0 radical (unpaired) electrons. The Morgan fingerprint density at radius 3 is 1.75 bits per heavy atom. The van der Waals surface area contributed by atoms with Crippen LogP contribution in [0.25, 0.3) is 33.6 Å². The van der Waals surface area contributed by atoms with E-state index in [1.54, 1.807) is 0 Å². The Morgan fingerprint density at radius 2 is 1.23 bits per heavy atom. The molecule has 4 N–H and O–H groups in total. The smallest absolute Gasteiger partial charge is 0.407 e. The van der Waals surface area contributed by atoms with E-state index in [1.807, 2.05) is 49.9 Å². The lowest BCUT2D eigenvalue weighted by atomic mass is 9.85. The van der Waals surface area contributed by atoms with Crippen LogP contribution in [0.4, 0.5) is 9.59 Å². The number of piperidine rings is 1. The summed E-state index contributed by atoms with van der Waals surface area (Å²) in [6.45, 7) is 12.2. The zero-order valence-electron chi connectivity index (χ0n) is 33.9. The van der Waals surface area contributed by atoms with E-state index in [1.165, 1.54) is 14.2 Å². The molecule has 4 aromatic rings. The first-order valence-corrected chi connectivity index (χ1v) is 19.9. The van der Waals surface area contributed by atoms with E-state index in [2.05, 4.69) is 83.0 Å². The number of carbonyl (C=O) groups excluding carboxylic acids is 4. The summed E-state index contributed by atoms with van der Waals surface area (Å²) >= 11 is 0. The SMILES string of the molecule is COC(=O)N[C@H](C(=O)N1[C@H](c2ncc(-c3ccc(-c4ccc(-c5cnc([C@@H]6C[C@H](C)[C@@H]7CC(C)[C@H](NC(=O)OC)C(=O)N67)[nH]5)cc4)cc3)[nH]2)C[C@H](C)[C@@H]1C)C(C)C. The van der Waals surface area contributed by atoms with Gasteiger partial charge in [0, 0.05) is 12.1 Å². The summed E-state index contributed by atoms with van der Waals surface area (Å²) in [4.78, 5) is 72.0. The number of fused-ring (bicyclic) bond motifs is 1. The second kappa shape index (κ2) is 16.1. The molecule has 14 heteroatoms. The molecule has 3 aliphatic heterocycles. The van der Waals surface area contributed by atoms with E-state index in [-0.39, 0.29) is 53.7 Å². The molecule has 2 aromatic heterocycles. The fourth-order valence-corrected chi connectivity index (χ4v) is 9.01. The predicted octanol–water partition coefficient (Wildman–Crippen LogP) is 6.85. The Kier molecular flexibility index (Phi) is 11.2. The maximum absolute atomic E-state index is 13.9. The van der Waals surface area contributed by atoms with E-state index in [9.17, 15) is 19.2 Å². The molecule has 3 aliphatic rings. The Bertz CT molecular complexity index is 2090. The van der Waals surface area contributed by atoms with Crippen LogP contribution in [-0.2, 0) is 19.1 Å². The fraction of sp³-hybridized carbons (Fsp3) is 0.488. The number of aromatic nitrogens is 4. The minimum Gasteiger partial charge on any atom is -0.453 e. The van der Waals surface area contributed by atoms with Gasteiger partial charge in [-0.15, -0.1) is 0 Å². The van der Waals surface area contributed by atoms with Crippen LogP contribution in [0.15, 0.2) is 60.9 Å². The van der Waals surface area contributed by atoms with Crippen LogP contribution < -0.4 is 10.6 Å². The molecule has 0 bridgehead atoms. The summed E-state index contributed by atoms with van der Waals surface area (Å²) in [5.74, 6) is 1.65. The van der Waals surface area contributed by atoms with Crippen LogP contribution in [0, 0.1) is 23.7 Å². The molecule has 57 heavy (non-hydrogen) atoms. The van der Waals surface area contributed by atoms with Crippen molar-refractivity contribution in [3.05, 3.63) is 72.6 Å². The molecular weight excluding hydrogens is 725 g/mol. The van der Waals surface area contributed by atoms with E-state index in [0.717, 1.165) is 64.6 Å². The van der Waals surface area contributed by atoms with Gasteiger partial charge in [0.15, 0.2) is 0 Å². The number of amides is 4. The van der Waals surface area contributed by atoms with Crippen molar-refractivity contribution in [1.82, 2.24) is 40.4 Å². The number of rotatable bonds is 9. The molecule has 9 atom stereocenters. The highest BCUT2D eigenvalue weighted by Crippen LogP contribution is 2.45. The molecule has 5 heterocycles. The van der Waals surface area contributed by atoms with E-state index in [4.69, 9.17) is 19.4 Å². The number of alkyl carbamates (subject to hydrolysis) is 2. The number of hydrogen-bond acceptors (Lipinski definition) is 8. The predicted molar refractivity (Wildman–Crippen MR) is 214 cm³/mol. The number of methoxy groups -OCH3 is 2. The Balaban J connectivity index is 1.03. The number of carbonyl (C=O) groups is 4. The van der Waals surface area contributed by atoms with Crippen molar-refractivity contribution < 1.29 is 28.7 Å². The highest BCUT2D eigenvalue weighted by molar-refractivity contribution is 5.88. The second-order valence-corrected chi connectivity index (χ2v) is 16.5. The summed E-state index contributed by atoms with van der Waals surface area (Å²) < 4.78 is 9.60. The molecule has 302 valence electrons. The molecule has 1 unspecified atom stereocenters. The second-order valence-electron chi connectivity index (χ2n) is 16.5. The van der Waals surface area contributed by atoms with Gasteiger partial charge in [-0.2, -0.15) is 0 Å². The number of nitrogens with one attached hydrogen (secondary N) is 4. The monoisotopic (exact) mass is 778 g/mol. The molecule has 14 nitrogen and oxygen atoms in total. The number of likely N-dealkylation sites (tertiary alicyclic amines) is 1. The van der Waals surface area contributed by atoms with Crippen molar-refractivity contribution in [1.29, 1.82) is 0 Å². The standard InChI is InChI=1S/C43H54N8O6/c1-22(2)36(48-42(54)56-7)40(52)50-26(6)23(3)17-34(50)38-44-20-31(46-38)29-13-9-27(10-14-29)28-11-15-30(16-12-28)32-21-45-39(47-32)35-18-24(4)33-19-25(5)37(41(53)51(33)35)49-43(55)57-8/h9-16,20-26,33-37H,17-19H2,1-8H3,(H,44,46)(H,45,47)(H,48,54)(H,49,55)/t23-,24-,25?,26-,33-,34-,35-,36-,37-/m0/s1. The van der Waals surface area contributed by atoms with Gasteiger partial charge in [0.2, 0.25) is 11.8 Å². The third-order valence-corrected chi connectivity index (χ3v) is 12.5. The number of ether oxygens (including phenoxy) is 2.